The fraction of sp³-hybridized carbons (Fsp3) is 0.562. The zero-order chi connectivity index (χ0) is 14.4. The number of hydrogen-bond donors (Lipinski definition) is 2. The molecule has 0 saturated carbocycles. The molecule has 4 heteroatoms. The number of piperidine rings is 1. The molecule has 0 bridgehead atoms. The predicted octanol–water partition coefficient (Wildman–Crippen LogP) is 3.30. The molecule has 2 rings (SSSR count). The molecule has 1 unspecified atom stereocenters. The van der Waals surface area contributed by atoms with E-state index in [1.165, 1.54) is 12.8 Å². The largest absolute Gasteiger partial charge is 0.350 e. The lowest BCUT2D eigenvalue weighted by Crippen LogP contribution is -2.32. The quantitative estimate of drug-likeness (QED) is 0.875. The smallest absolute Gasteiger partial charge is 0.220 e. The molecule has 0 radical (unpaired) electrons. The van der Waals surface area contributed by atoms with E-state index in [-0.39, 0.29) is 11.9 Å². The van der Waals surface area contributed by atoms with Crippen molar-refractivity contribution in [2.75, 3.05) is 13.1 Å². The summed E-state index contributed by atoms with van der Waals surface area (Å²) >= 11 is 6.14. The van der Waals surface area contributed by atoms with Gasteiger partial charge in [-0.1, -0.05) is 29.8 Å². The van der Waals surface area contributed by atoms with Crippen molar-refractivity contribution in [2.24, 2.45) is 5.92 Å². The van der Waals surface area contributed by atoms with Crippen LogP contribution >= 0.6 is 11.6 Å². The van der Waals surface area contributed by atoms with E-state index in [2.05, 4.69) is 10.6 Å². The highest BCUT2D eigenvalue weighted by molar-refractivity contribution is 6.31. The summed E-state index contributed by atoms with van der Waals surface area (Å²) in [7, 11) is 0. The van der Waals surface area contributed by atoms with E-state index in [9.17, 15) is 4.79 Å². The molecule has 1 aliphatic rings. The van der Waals surface area contributed by atoms with Crippen LogP contribution in [0.5, 0.6) is 0 Å². The van der Waals surface area contributed by atoms with Gasteiger partial charge in [0.25, 0.3) is 0 Å². The number of hydrogen-bond acceptors (Lipinski definition) is 2. The Morgan fingerprint density at radius 1 is 1.50 bits per heavy atom. The van der Waals surface area contributed by atoms with Crippen LogP contribution in [0.4, 0.5) is 0 Å². The molecular weight excluding hydrogens is 272 g/mol. The van der Waals surface area contributed by atoms with Crippen LogP contribution in [0.25, 0.3) is 0 Å². The highest BCUT2D eigenvalue weighted by atomic mass is 35.5. The Morgan fingerprint density at radius 2 is 2.30 bits per heavy atom. The fourth-order valence-electron chi connectivity index (χ4n) is 2.72. The first-order chi connectivity index (χ1) is 9.66. The second kappa shape index (κ2) is 7.65. The zero-order valence-corrected chi connectivity index (χ0v) is 12.7. The van der Waals surface area contributed by atoms with Crippen LogP contribution in [0, 0.1) is 5.92 Å². The van der Waals surface area contributed by atoms with Gasteiger partial charge in [0.2, 0.25) is 5.91 Å². The maximum Gasteiger partial charge on any atom is 0.220 e. The molecule has 0 spiro atoms. The summed E-state index contributed by atoms with van der Waals surface area (Å²) < 4.78 is 0. The van der Waals surface area contributed by atoms with Crippen molar-refractivity contribution in [1.82, 2.24) is 10.6 Å². The molecule has 0 aromatic heterocycles. The zero-order valence-electron chi connectivity index (χ0n) is 12.0. The van der Waals surface area contributed by atoms with Crippen LogP contribution < -0.4 is 10.6 Å². The second-order valence-corrected chi connectivity index (χ2v) is 5.97. The van der Waals surface area contributed by atoms with Gasteiger partial charge >= 0.3 is 0 Å². The molecule has 1 aromatic rings. The Bertz CT molecular complexity index is 444. The van der Waals surface area contributed by atoms with E-state index >= 15 is 0 Å². The molecule has 1 saturated heterocycles. The normalized spacial score (nSPS) is 20.4. The number of benzene rings is 1. The van der Waals surface area contributed by atoms with Gasteiger partial charge in [0.1, 0.15) is 0 Å². The Labute approximate surface area is 126 Å². The van der Waals surface area contributed by atoms with Gasteiger partial charge in [-0.25, -0.2) is 0 Å². The van der Waals surface area contributed by atoms with E-state index in [1.807, 2.05) is 31.2 Å². The summed E-state index contributed by atoms with van der Waals surface area (Å²) in [4.78, 5) is 12.0. The molecule has 3 nitrogen and oxygen atoms in total. The number of amides is 1. The van der Waals surface area contributed by atoms with Gasteiger partial charge in [-0.05, 0) is 56.8 Å². The van der Waals surface area contributed by atoms with Crippen LogP contribution in [0.2, 0.25) is 5.02 Å². The van der Waals surface area contributed by atoms with E-state index in [4.69, 9.17) is 11.6 Å². The monoisotopic (exact) mass is 294 g/mol. The predicted molar refractivity (Wildman–Crippen MR) is 82.8 cm³/mol. The lowest BCUT2D eigenvalue weighted by atomic mass is 9.94. The lowest BCUT2D eigenvalue weighted by molar-refractivity contribution is -0.122. The summed E-state index contributed by atoms with van der Waals surface area (Å²) in [5.74, 6) is 0.758. The minimum absolute atomic E-state index is 0.0410. The van der Waals surface area contributed by atoms with Gasteiger partial charge in [0, 0.05) is 11.4 Å². The molecule has 2 atom stereocenters. The summed E-state index contributed by atoms with van der Waals surface area (Å²) in [6.07, 6.45) is 4.03. The van der Waals surface area contributed by atoms with Gasteiger partial charge in [0.05, 0.1) is 6.04 Å². The van der Waals surface area contributed by atoms with E-state index < -0.39 is 0 Å². The van der Waals surface area contributed by atoms with Crippen LogP contribution in [0.3, 0.4) is 0 Å². The van der Waals surface area contributed by atoms with Gasteiger partial charge in [-0.3, -0.25) is 4.79 Å². The van der Waals surface area contributed by atoms with E-state index in [1.54, 1.807) is 0 Å². The molecule has 1 aromatic carbocycles. The number of carbonyl (C=O) groups is 1. The summed E-state index contributed by atoms with van der Waals surface area (Å²) in [5, 5.41) is 7.12. The van der Waals surface area contributed by atoms with Crippen LogP contribution in [-0.2, 0) is 4.79 Å². The second-order valence-electron chi connectivity index (χ2n) is 5.56. The molecule has 0 aliphatic carbocycles. The first-order valence-electron chi connectivity index (χ1n) is 7.41. The first-order valence-corrected chi connectivity index (χ1v) is 7.79. The van der Waals surface area contributed by atoms with Crippen molar-refractivity contribution >= 4 is 17.5 Å². The van der Waals surface area contributed by atoms with Crippen LogP contribution in [-0.4, -0.2) is 19.0 Å². The Balaban J connectivity index is 1.77. The van der Waals surface area contributed by atoms with Crippen molar-refractivity contribution in [3.05, 3.63) is 34.9 Å². The highest BCUT2D eigenvalue weighted by Gasteiger charge is 2.16. The van der Waals surface area contributed by atoms with Gasteiger partial charge < -0.3 is 10.6 Å². The van der Waals surface area contributed by atoms with Crippen LogP contribution in [0.15, 0.2) is 24.3 Å². The van der Waals surface area contributed by atoms with Crippen molar-refractivity contribution < 1.29 is 4.79 Å². The van der Waals surface area contributed by atoms with Gasteiger partial charge in [-0.2, -0.15) is 0 Å². The summed E-state index contributed by atoms with van der Waals surface area (Å²) in [6.45, 7) is 4.14. The van der Waals surface area contributed by atoms with Crippen molar-refractivity contribution in [3.8, 4) is 0 Å². The molecule has 20 heavy (non-hydrogen) atoms. The molecule has 1 aliphatic heterocycles. The van der Waals surface area contributed by atoms with Gasteiger partial charge in [0.15, 0.2) is 0 Å². The van der Waals surface area contributed by atoms with Crippen molar-refractivity contribution in [2.45, 2.75) is 38.6 Å². The Morgan fingerprint density at radius 3 is 3.00 bits per heavy atom. The standard InChI is InChI=1S/C16H23ClN2O/c1-12(14-6-2-3-7-15(14)17)19-16(20)9-8-13-5-4-10-18-11-13/h2-3,6-7,12-13,18H,4-5,8-11H2,1H3,(H,19,20)/t12-,13?/m1/s1. The van der Waals surface area contributed by atoms with Gasteiger partial charge in [-0.15, -0.1) is 0 Å². The molecular formula is C16H23ClN2O. The first kappa shape index (κ1) is 15.3. The van der Waals surface area contributed by atoms with E-state index in [0.717, 1.165) is 25.1 Å². The molecule has 2 N–H and O–H groups in total. The number of rotatable bonds is 5. The van der Waals surface area contributed by atoms with Crippen molar-refractivity contribution in [3.63, 3.8) is 0 Å². The SMILES string of the molecule is C[C@@H](NC(=O)CCC1CCCNC1)c1ccccc1Cl. The van der Waals surface area contributed by atoms with E-state index in [0.29, 0.717) is 17.4 Å². The summed E-state index contributed by atoms with van der Waals surface area (Å²) in [6, 6.07) is 7.61. The minimum Gasteiger partial charge on any atom is -0.350 e. The fourth-order valence-corrected chi connectivity index (χ4v) is 3.02. The Kier molecular flexibility index (Phi) is 5.86. The molecule has 1 amide bonds. The van der Waals surface area contributed by atoms with Crippen LogP contribution in [0.1, 0.15) is 44.2 Å². The number of carbonyl (C=O) groups excluding carboxylic acids is 1. The minimum atomic E-state index is -0.0410. The highest BCUT2D eigenvalue weighted by Crippen LogP contribution is 2.22. The molecule has 1 heterocycles. The molecule has 1 fully saturated rings. The maximum atomic E-state index is 12.0. The Hall–Kier alpha value is -1.06. The average molecular weight is 295 g/mol. The average Bonchev–Trinajstić information content (AvgIpc) is 2.46. The third-order valence-electron chi connectivity index (χ3n) is 3.93. The maximum absolute atomic E-state index is 12.0. The number of nitrogens with one attached hydrogen (secondary N) is 2. The third kappa shape index (κ3) is 4.50. The third-order valence-corrected chi connectivity index (χ3v) is 4.27. The number of halogens is 1. The lowest BCUT2D eigenvalue weighted by Gasteiger charge is -2.23. The topological polar surface area (TPSA) is 41.1 Å². The summed E-state index contributed by atoms with van der Waals surface area (Å²) in [5.41, 5.74) is 0.974. The molecule has 110 valence electrons. The van der Waals surface area contributed by atoms with Crippen molar-refractivity contribution in [1.29, 1.82) is 0 Å².